The van der Waals surface area contributed by atoms with Gasteiger partial charge in [0.05, 0.1) is 0 Å². The van der Waals surface area contributed by atoms with Crippen LogP contribution in [-0.4, -0.2) is 30.0 Å². The van der Waals surface area contributed by atoms with Gasteiger partial charge in [-0.2, -0.15) is 0 Å². The topological polar surface area (TPSA) is 52.5 Å². The summed E-state index contributed by atoms with van der Waals surface area (Å²) in [4.78, 5) is 0. The minimum atomic E-state index is -0.0831. The lowest BCUT2D eigenvalue weighted by Crippen LogP contribution is -2.21. The highest BCUT2D eigenvalue weighted by atomic mass is 16.3. The van der Waals surface area contributed by atoms with Crippen molar-refractivity contribution in [3.8, 4) is 0 Å². The summed E-state index contributed by atoms with van der Waals surface area (Å²) in [5.74, 6) is -0.0831. The van der Waals surface area contributed by atoms with Crippen LogP contribution < -0.4 is 5.32 Å². The number of aliphatic hydroxyl groups is 2. The lowest BCUT2D eigenvalue weighted by atomic mass is 10.2. The van der Waals surface area contributed by atoms with E-state index in [0.717, 1.165) is 5.69 Å². The zero-order valence-electron chi connectivity index (χ0n) is 7.48. The number of anilines is 1. The molecule has 1 rings (SSSR count). The molecule has 0 heterocycles. The lowest BCUT2D eigenvalue weighted by Gasteiger charge is -2.12. The molecule has 1 aromatic carbocycles. The van der Waals surface area contributed by atoms with E-state index in [9.17, 15) is 0 Å². The van der Waals surface area contributed by atoms with E-state index in [1.54, 1.807) is 0 Å². The van der Waals surface area contributed by atoms with Gasteiger partial charge in [0.2, 0.25) is 0 Å². The van der Waals surface area contributed by atoms with Gasteiger partial charge in [-0.3, -0.25) is 0 Å². The molecule has 0 aliphatic rings. The van der Waals surface area contributed by atoms with Crippen LogP contribution in [0.1, 0.15) is 0 Å². The second-order valence-electron chi connectivity index (χ2n) is 2.98. The van der Waals surface area contributed by atoms with Crippen LogP contribution >= 0.6 is 0 Å². The number of nitrogens with one attached hydrogen (secondary N) is 1. The van der Waals surface area contributed by atoms with Crippen LogP contribution in [0.2, 0.25) is 0 Å². The Bertz CT molecular complexity index is 222. The number of aliphatic hydroxyl groups excluding tert-OH is 2. The van der Waals surface area contributed by atoms with Crippen molar-refractivity contribution in [2.24, 2.45) is 5.92 Å². The zero-order chi connectivity index (χ0) is 9.52. The highest BCUT2D eigenvalue weighted by molar-refractivity contribution is 5.42. The summed E-state index contributed by atoms with van der Waals surface area (Å²) in [6.07, 6.45) is 0. The van der Waals surface area contributed by atoms with Gasteiger partial charge in [-0.15, -0.1) is 0 Å². The van der Waals surface area contributed by atoms with Crippen LogP contribution in [0.15, 0.2) is 30.3 Å². The first-order chi connectivity index (χ1) is 6.36. The van der Waals surface area contributed by atoms with Gasteiger partial charge in [-0.05, 0) is 12.1 Å². The second kappa shape index (κ2) is 5.56. The van der Waals surface area contributed by atoms with E-state index in [2.05, 4.69) is 5.32 Å². The molecule has 3 heteroatoms. The summed E-state index contributed by atoms with van der Waals surface area (Å²) in [5.41, 5.74) is 1.01. The van der Waals surface area contributed by atoms with Crippen LogP contribution in [0.4, 0.5) is 5.69 Å². The van der Waals surface area contributed by atoms with E-state index in [1.165, 1.54) is 0 Å². The molecular formula is C10H15NO2. The molecule has 0 saturated carbocycles. The van der Waals surface area contributed by atoms with Crippen LogP contribution in [0.25, 0.3) is 0 Å². The standard InChI is InChI=1S/C10H15NO2/c12-7-9(8-13)6-11-10-4-2-1-3-5-10/h1-5,9,11-13H,6-8H2. The molecule has 0 unspecified atom stereocenters. The van der Waals surface area contributed by atoms with Gasteiger partial charge >= 0.3 is 0 Å². The molecule has 3 N–H and O–H groups in total. The molecule has 0 atom stereocenters. The minimum absolute atomic E-state index is 0.0103. The molecule has 0 spiro atoms. The van der Waals surface area contributed by atoms with E-state index < -0.39 is 0 Å². The van der Waals surface area contributed by atoms with E-state index in [1.807, 2.05) is 30.3 Å². The van der Waals surface area contributed by atoms with Gasteiger partial charge in [-0.1, -0.05) is 18.2 Å². The fraction of sp³-hybridized carbons (Fsp3) is 0.400. The van der Waals surface area contributed by atoms with Crippen LogP contribution in [0.5, 0.6) is 0 Å². The molecule has 0 bridgehead atoms. The van der Waals surface area contributed by atoms with Crippen LogP contribution in [-0.2, 0) is 0 Å². The Morgan fingerprint density at radius 3 is 2.23 bits per heavy atom. The molecule has 0 aliphatic carbocycles. The Morgan fingerprint density at radius 1 is 1.08 bits per heavy atom. The summed E-state index contributed by atoms with van der Waals surface area (Å²) in [6.45, 7) is 0.615. The Kier molecular flexibility index (Phi) is 4.29. The molecule has 0 saturated heterocycles. The maximum atomic E-state index is 8.80. The van der Waals surface area contributed by atoms with Crippen molar-refractivity contribution < 1.29 is 10.2 Å². The summed E-state index contributed by atoms with van der Waals surface area (Å²) in [6, 6.07) is 9.73. The molecule has 72 valence electrons. The van der Waals surface area contributed by atoms with Crippen molar-refractivity contribution in [1.29, 1.82) is 0 Å². The fourth-order valence-electron chi connectivity index (χ4n) is 1.01. The van der Waals surface area contributed by atoms with Gasteiger partial charge in [0, 0.05) is 31.4 Å². The molecular weight excluding hydrogens is 166 g/mol. The monoisotopic (exact) mass is 181 g/mol. The second-order valence-corrected chi connectivity index (χ2v) is 2.98. The van der Waals surface area contributed by atoms with E-state index >= 15 is 0 Å². The van der Waals surface area contributed by atoms with Crippen molar-refractivity contribution >= 4 is 5.69 Å². The zero-order valence-corrected chi connectivity index (χ0v) is 7.48. The third-order valence-corrected chi connectivity index (χ3v) is 1.89. The Morgan fingerprint density at radius 2 is 1.69 bits per heavy atom. The third kappa shape index (κ3) is 3.44. The van der Waals surface area contributed by atoms with E-state index in [0.29, 0.717) is 6.54 Å². The quantitative estimate of drug-likeness (QED) is 0.626. The Labute approximate surface area is 78.0 Å². The molecule has 0 aromatic heterocycles. The number of hydrogen-bond acceptors (Lipinski definition) is 3. The molecule has 0 fully saturated rings. The maximum absolute atomic E-state index is 8.80. The SMILES string of the molecule is OCC(CO)CNc1ccccc1. The molecule has 1 aromatic rings. The summed E-state index contributed by atoms with van der Waals surface area (Å²) in [7, 11) is 0. The summed E-state index contributed by atoms with van der Waals surface area (Å²) >= 11 is 0. The fourth-order valence-corrected chi connectivity index (χ4v) is 1.01. The Balaban J connectivity index is 2.34. The van der Waals surface area contributed by atoms with Crippen molar-refractivity contribution in [2.45, 2.75) is 0 Å². The summed E-state index contributed by atoms with van der Waals surface area (Å²) in [5, 5.41) is 20.7. The smallest absolute Gasteiger partial charge is 0.0498 e. The molecule has 0 amide bonds. The first kappa shape index (κ1) is 10.0. The van der Waals surface area contributed by atoms with Crippen molar-refractivity contribution in [3.05, 3.63) is 30.3 Å². The van der Waals surface area contributed by atoms with E-state index in [-0.39, 0.29) is 19.1 Å². The van der Waals surface area contributed by atoms with Gasteiger partial charge in [0.1, 0.15) is 0 Å². The average Bonchev–Trinajstić information content (AvgIpc) is 2.21. The van der Waals surface area contributed by atoms with Crippen molar-refractivity contribution in [1.82, 2.24) is 0 Å². The van der Waals surface area contributed by atoms with Gasteiger partial charge in [-0.25, -0.2) is 0 Å². The number of hydrogen-bond donors (Lipinski definition) is 3. The third-order valence-electron chi connectivity index (χ3n) is 1.89. The molecule has 0 radical (unpaired) electrons. The van der Waals surface area contributed by atoms with Gasteiger partial charge < -0.3 is 15.5 Å². The maximum Gasteiger partial charge on any atom is 0.0498 e. The normalized spacial score (nSPS) is 10.4. The van der Waals surface area contributed by atoms with E-state index in [4.69, 9.17) is 10.2 Å². The van der Waals surface area contributed by atoms with Gasteiger partial charge in [0.15, 0.2) is 0 Å². The number of para-hydroxylation sites is 1. The molecule has 3 nitrogen and oxygen atoms in total. The lowest BCUT2D eigenvalue weighted by molar-refractivity contribution is 0.158. The van der Waals surface area contributed by atoms with Crippen LogP contribution in [0.3, 0.4) is 0 Å². The average molecular weight is 181 g/mol. The number of benzene rings is 1. The highest BCUT2D eigenvalue weighted by Crippen LogP contribution is 2.05. The van der Waals surface area contributed by atoms with Gasteiger partial charge in [0.25, 0.3) is 0 Å². The number of rotatable bonds is 5. The summed E-state index contributed by atoms with van der Waals surface area (Å²) < 4.78 is 0. The van der Waals surface area contributed by atoms with Crippen molar-refractivity contribution in [2.75, 3.05) is 25.1 Å². The van der Waals surface area contributed by atoms with Crippen LogP contribution in [0, 0.1) is 5.92 Å². The predicted octanol–water partition coefficient (Wildman–Crippen LogP) is 0.699. The first-order valence-corrected chi connectivity index (χ1v) is 4.37. The molecule has 0 aliphatic heterocycles. The largest absolute Gasteiger partial charge is 0.396 e. The molecule has 13 heavy (non-hydrogen) atoms. The van der Waals surface area contributed by atoms with Crippen molar-refractivity contribution in [3.63, 3.8) is 0 Å². The Hall–Kier alpha value is -1.06. The minimum Gasteiger partial charge on any atom is -0.396 e. The predicted molar refractivity (Wildman–Crippen MR) is 52.6 cm³/mol. The first-order valence-electron chi connectivity index (χ1n) is 4.37. The highest BCUT2D eigenvalue weighted by Gasteiger charge is 2.04.